The maximum atomic E-state index is 3.52. The minimum absolute atomic E-state index is 0.892. The van der Waals surface area contributed by atoms with Crippen LogP contribution >= 0.6 is 0 Å². The van der Waals surface area contributed by atoms with Crippen LogP contribution < -0.4 is 5.32 Å². The summed E-state index contributed by atoms with van der Waals surface area (Å²) in [5.41, 5.74) is 3.24. The van der Waals surface area contributed by atoms with E-state index < -0.39 is 0 Å². The summed E-state index contributed by atoms with van der Waals surface area (Å²) >= 11 is 0. The summed E-state index contributed by atoms with van der Waals surface area (Å²) in [7, 11) is 0. The van der Waals surface area contributed by atoms with E-state index >= 15 is 0 Å². The summed E-state index contributed by atoms with van der Waals surface area (Å²) in [4.78, 5) is 0. The van der Waals surface area contributed by atoms with Crippen LogP contribution in [0, 0.1) is 11.8 Å². The van der Waals surface area contributed by atoms with Crippen LogP contribution in [0.4, 0.5) is 0 Å². The molecule has 0 saturated heterocycles. The molecule has 1 aliphatic heterocycles. The minimum Gasteiger partial charge on any atom is -0.384 e. The van der Waals surface area contributed by atoms with Crippen molar-refractivity contribution < 1.29 is 0 Å². The van der Waals surface area contributed by atoms with Gasteiger partial charge in [0.2, 0.25) is 0 Å². The average molecular weight is 161 g/mol. The topological polar surface area (TPSA) is 12.0 Å². The summed E-state index contributed by atoms with van der Waals surface area (Å²) in [6.07, 6.45) is 10.2. The lowest BCUT2D eigenvalue weighted by Crippen LogP contribution is -2.19. The molecule has 1 heteroatoms. The second-order valence-corrected chi connectivity index (χ2v) is 4.21. The molecule has 3 rings (SSSR count). The van der Waals surface area contributed by atoms with Gasteiger partial charge in [0.1, 0.15) is 0 Å². The van der Waals surface area contributed by atoms with Crippen molar-refractivity contribution in [2.45, 2.75) is 25.7 Å². The Morgan fingerprint density at radius 3 is 3.17 bits per heavy atom. The van der Waals surface area contributed by atoms with Crippen molar-refractivity contribution in [3.8, 4) is 0 Å². The van der Waals surface area contributed by atoms with Crippen LogP contribution in [-0.4, -0.2) is 6.54 Å². The summed E-state index contributed by atoms with van der Waals surface area (Å²) in [5.74, 6) is 1.79. The molecular formula is C11H15N. The number of hydrogen-bond donors (Lipinski definition) is 1. The standard InChI is InChI=1S/C11H15N/c1-3-8-4-2-6-10-11(8)9(5-1)7-12-10/h2,6,8-9,12H,1,3-5,7H2. The van der Waals surface area contributed by atoms with Gasteiger partial charge in [0, 0.05) is 12.2 Å². The van der Waals surface area contributed by atoms with Gasteiger partial charge in [-0.05, 0) is 42.7 Å². The van der Waals surface area contributed by atoms with Crippen LogP contribution in [-0.2, 0) is 0 Å². The largest absolute Gasteiger partial charge is 0.384 e. The first-order valence-corrected chi connectivity index (χ1v) is 5.09. The summed E-state index contributed by atoms with van der Waals surface area (Å²) < 4.78 is 0. The third-order valence-corrected chi connectivity index (χ3v) is 3.54. The summed E-state index contributed by atoms with van der Waals surface area (Å²) in [6, 6.07) is 0. The molecule has 1 fully saturated rings. The predicted molar refractivity (Wildman–Crippen MR) is 49.6 cm³/mol. The van der Waals surface area contributed by atoms with Gasteiger partial charge in [0.15, 0.2) is 0 Å². The van der Waals surface area contributed by atoms with Gasteiger partial charge in [-0.3, -0.25) is 0 Å². The van der Waals surface area contributed by atoms with Gasteiger partial charge in [-0.2, -0.15) is 0 Å². The Morgan fingerprint density at radius 2 is 2.17 bits per heavy atom. The van der Waals surface area contributed by atoms with Gasteiger partial charge in [-0.25, -0.2) is 0 Å². The molecule has 12 heavy (non-hydrogen) atoms. The molecule has 0 aromatic rings. The first-order chi connectivity index (χ1) is 5.95. The lowest BCUT2D eigenvalue weighted by molar-refractivity contribution is 0.382. The highest BCUT2D eigenvalue weighted by Crippen LogP contribution is 2.42. The zero-order valence-corrected chi connectivity index (χ0v) is 7.34. The first-order valence-electron chi connectivity index (χ1n) is 5.09. The summed E-state index contributed by atoms with van der Waals surface area (Å²) in [6.45, 7) is 1.21. The second-order valence-electron chi connectivity index (χ2n) is 4.21. The van der Waals surface area contributed by atoms with Crippen LogP contribution in [0.15, 0.2) is 23.4 Å². The molecule has 64 valence electrons. The molecule has 1 nitrogen and oxygen atoms in total. The molecule has 1 N–H and O–H groups in total. The van der Waals surface area contributed by atoms with E-state index in [-0.39, 0.29) is 0 Å². The highest BCUT2D eigenvalue weighted by molar-refractivity contribution is 5.36. The fourth-order valence-corrected chi connectivity index (χ4v) is 2.99. The second kappa shape index (κ2) is 2.38. The zero-order valence-electron chi connectivity index (χ0n) is 7.34. The van der Waals surface area contributed by atoms with E-state index in [4.69, 9.17) is 0 Å². The third-order valence-electron chi connectivity index (χ3n) is 3.54. The number of hydrogen-bond acceptors (Lipinski definition) is 1. The minimum atomic E-state index is 0.892. The number of nitrogens with one attached hydrogen (secondary N) is 1. The first kappa shape index (κ1) is 6.76. The Bertz CT molecular complexity index is 262. The molecule has 1 saturated carbocycles. The van der Waals surface area contributed by atoms with Crippen molar-refractivity contribution in [1.29, 1.82) is 0 Å². The van der Waals surface area contributed by atoms with Gasteiger partial charge >= 0.3 is 0 Å². The Hall–Kier alpha value is -0.720. The smallest absolute Gasteiger partial charge is 0.0335 e. The predicted octanol–water partition coefficient (Wildman–Crippen LogP) is 2.22. The van der Waals surface area contributed by atoms with Gasteiger partial charge in [-0.15, -0.1) is 0 Å². The molecule has 0 amide bonds. The highest BCUT2D eigenvalue weighted by Gasteiger charge is 2.34. The van der Waals surface area contributed by atoms with E-state index in [1.54, 1.807) is 5.57 Å². The third kappa shape index (κ3) is 0.796. The van der Waals surface area contributed by atoms with E-state index in [9.17, 15) is 0 Å². The molecule has 0 aromatic heterocycles. The molecule has 2 aliphatic carbocycles. The van der Waals surface area contributed by atoms with Crippen LogP contribution in [0.1, 0.15) is 25.7 Å². The fourth-order valence-electron chi connectivity index (χ4n) is 2.99. The van der Waals surface area contributed by atoms with Gasteiger partial charge in [0.25, 0.3) is 0 Å². The molecular weight excluding hydrogens is 146 g/mol. The maximum absolute atomic E-state index is 3.52. The molecule has 0 spiro atoms. The Kier molecular flexibility index (Phi) is 1.34. The van der Waals surface area contributed by atoms with Crippen LogP contribution in [0.3, 0.4) is 0 Å². The SMILES string of the molecule is C1=CC2=C3C(C1)CCCC3CN2. The van der Waals surface area contributed by atoms with Crippen molar-refractivity contribution in [2.75, 3.05) is 6.54 Å². The van der Waals surface area contributed by atoms with E-state index in [0.717, 1.165) is 11.8 Å². The van der Waals surface area contributed by atoms with E-state index in [0.29, 0.717) is 0 Å². The van der Waals surface area contributed by atoms with E-state index in [1.807, 2.05) is 0 Å². The normalized spacial score (nSPS) is 38.0. The molecule has 0 aromatic carbocycles. The number of rotatable bonds is 0. The van der Waals surface area contributed by atoms with Crippen molar-refractivity contribution >= 4 is 0 Å². The molecule has 2 unspecified atom stereocenters. The Labute approximate surface area is 73.5 Å². The van der Waals surface area contributed by atoms with Gasteiger partial charge in [0.05, 0.1) is 0 Å². The van der Waals surface area contributed by atoms with Crippen molar-refractivity contribution in [3.63, 3.8) is 0 Å². The van der Waals surface area contributed by atoms with Crippen LogP contribution in [0.5, 0.6) is 0 Å². The fraction of sp³-hybridized carbons (Fsp3) is 0.636. The van der Waals surface area contributed by atoms with Crippen molar-refractivity contribution in [2.24, 2.45) is 11.8 Å². The Morgan fingerprint density at radius 1 is 1.25 bits per heavy atom. The lowest BCUT2D eigenvalue weighted by atomic mass is 9.74. The average Bonchev–Trinajstić information content (AvgIpc) is 2.52. The van der Waals surface area contributed by atoms with Gasteiger partial charge < -0.3 is 5.32 Å². The van der Waals surface area contributed by atoms with Gasteiger partial charge in [-0.1, -0.05) is 12.5 Å². The molecule has 1 heterocycles. The molecule has 0 bridgehead atoms. The van der Waals surface area contributed by atoms with Crippen LogP contribution in [0.25, 0.3) is 0 Å². The van der Waals surface area contributed by atoms with Crippen LogP contribution in [0.2, 0.25) is 0 Å². The quantitative estimate of drug-likeness (QED) is 0.574. The highest BCUT2D eigenvalue weighted by atomic mass is 14.9. The van der Waals surface area contributed by atoms with E-state index in [2.05, 4.69) is 17.5 Å². The lowest BCUT2D eigenvalue weighted by Gasteiger charge is -2.29. The molecule has 0 radical (unpaired) electrons. The van der Waals surface area contributed by atoms with Crippen molar-refractivity contribution in [1.82, 2.24) is 5.32 Å². The molecule has 2 atom stereocenters. The maximum Gasteiger partial charge on any atom is 0.0335 e. The molecule has 3 aliphatic rings. The zero-order chi connectivity index (χ0) is 7.97. The van der Waals surface area contributed by atoms with Crippen molar-refractivity contribution in [3.05, 3.63) is 23.4 Å². The summed E-state index contributed by atoms with van der Waals surface area (Å²) in [5, 5.41) is 3.52. The van der Waals surface area contributed by atoms with E-state index in [1.165, 1.54) is 37.9 Å². The number of allylic oxidation sites excluding steroid dienone is 2. The Balaban J connectivity index is 2.03. The monoisotopic (exact) mass is 161 g/mol.